The molecule has 0 aliphatic carbocycles. The van der Waals surface area contributed by atoms with Crippen molar-refractivity contribution in [3.05, 3.63) is 64.1 Å². The lowest BCUT2D eigenvalue weighted by Crippen LogP contribution is -2.60. The minimum Gasteiger partial charge on any atom is -0.436 e. The van der Waals surface area contributed by atoms with E-state index < -0.39 is 55.3 Å². The number of nitrogens with zero attached hydrogens (tertiary/aromatic N) is 4. The van der Waals surface area contributed by atoms with Gasteiger partial charge in [-0.3, -0.25) is 9.78 Å². The summed E-state index contributed by atoms with van der Waals surface area (Å²) in [5.74, 6) is -0.884. The molecule has 5 aliphatic rings. The van der Waals surface area contributed by atoms with Crippen LogP contribution in [-0.4, -0.2) is 170 Å². The van der Waals surface area contributed by atoms with Crippen molar-refractivity contribution in [3.8, 4) is 0 Å². The minimum atomic E-state index is -1.50. The number of likely N-dealkylation sites (tertiary alicyclic amines) is 3. The maximum Gasteiger partial charge on any atom is 0.417 e. The maximum absolute atomic E-state index is 14.2. The number of amides is 4. The van der Waals surface area contributed by atoms with E-state index in [1.807, 2.05) is 29.2 Å². The molecule has 0 spiro atoms. The molecule has 4 fully saturated rings. The Bertz CT molecular complexity index is 2000. The first-order valence-corrected chi connectivity index (χ1v) is 20.8. The number of aliphatic hydroxyl groups excluding tert-OH is 4. The Balaban J connectivity index is 0.857. The van der Waals surface area contributed by atoms with Gasteiger partial charge in [-0.1, -0.05) is 24.3 Å². The summed E-state index contributed by atoms with van der Waals surface area (Å²) in [5.41, 5.74) is 3.44. The Morgan fingerprint density at radius 2 is 1.54 bits per heavy atom. The Kier molecular flexibility index (Phi) is 12.5. The molecule has 2 aromatic carbocycles. The molecule has 59 heavy (non-hydrogen) atoms. The third-order valence-electron chi connectivity index (χ3n) is 12.7. The van der Waals surface area contributed by atoms with E-state index in [4.69, 9.17) is 18.6 Å². The summed E-state index contributed by atoms with van der Waals surface area (Å²) in [6.45, 7) is 3.17. The molecular weight excluding hydrogens is 768 g/mol. The zero-order valence-corrected chi connectivity index (χ0v) is 32.9. The van der Waals surface area contributed by atoms with E-state index in [1.54, 1.807) is 28.0 Å². The summed E-state index contributed by atoms with van der Waals surface area (Å²) in [4.78, 5) is 63.2. The number of para-hydroxylation sites is 1. The normalized spacial score (nSPS) is 27.3. The Morgan fingerprint density at radius 1 is 0.831 bits per heavy atom. The fraction of sp³-hybridized carbons (Fsp3) is 0.610. The SMILES string of the molecule is O=C(O[C@H](Cc1ccc2[nH]c(=O)oc2c1)C(=O)N1CCC(N2CCC(O[C@H]3O[C@H](CO)[C@H](O)[C@H](O)[C@H]3O)CC2)CC1)N1CCC(N2CCc3ccccc3NC2=O)CC1. The molecule has 8 rings (SSSR count). The molecule has 0 saturated carbocycles. The number of fused-ring (bicyclic) bond motifs is 2. The number of nitrogens with one attached hydrogen (secondary N) is 2. The molecule has 3 aromatic rings. The molecule has 6 heterocycles. The van der Waals surface area contributed by atoms with Crippen LogP contribution in [0.15, 0.2) is 51.7 Å². The van der Waals surface area contributed by atoms with Gasteiger partial charge in [-0.05, 0) is 74.3 Å². The number of aliphatic hydroxyl groups is 4. The van der Waals surface area contributed by atoms with Gasteiger partial charge in [0.15, 0.2) is 18.0 Å². The number of hydrogen-bond acceptors (Lipinski definition) is 13. The average molecular weight is 823 g/mol. The molecule has 1 aromatic heterocycles. The number of H-pyrrole nitrogens is 1. The van der Waals surface area contributed by atoms with Crippen LogP contribution in [0.25, 0.3) is 11.1 Å². The first-order valence-electron chi connectivity index (χ1n) is 20.8. The third kappa shape index (κ3) is 9.13. The van der Waals surface area contributed by atoms with E-state index >= 15 is 0 Å². The molecule has 6 N–H and O–H groups in total. The van der Waals surface area contributed by atoms with Crippen molar-refractivity contribution in [2.45, 2.75) is 106 Å². The van der Waals surface area contributed by atoms with Crippen LogP contribution in [0.5, 0.6) is 0 Å². The highest BCUT2D eigenvalue weighted by molar-refractivity contribution is 5.91. The minimum absolute atomic E-state index is 0.0458. The summed E-state index contributed by atoms with van der Waals surface area (Å²) in [6.07, 6.45) is -3.85. The number of carbonyl (C=O) groups is 3. The van der Waals surface area contributed by atoms with Gasteiger partial charge in [-0.25, -0.2) is 14.4 Å². The first-order chi connectivity index (χ1) is 28.5. The van der Waals surface area contributed by atoms with Gasteiger partial charge in [0, 0.05) is 70.0 Å². The van der Waals surface area contributed by atoms with E-state index in [0.717, 1.165) is 17.7 Å². The molecular formula is C41H54N6O12. The molecule has 320 valence electrons. The Labute approximate surface area is 340 Å². The second kappa shape index (κ2) is 18.0. The summed E-state index contributed by atoms with van der Waals surface area (Å²) in [6, 6.07) is 13.0. The van der Waals surface area contributed by atoms with Gasteiger partial charge < -0.3 is 64.0 Å². The number of aromatic nitrogens is 1. The zero-order valence-electron chi connectivity index (χ0n) is 32.9. The van der Waals surface area contributed by atoms with Crippen LogP contribution in [-0.2, 0) is 31.8 Å². The van der Waals surface area contributed by atoms with Crippen molar-refractivity contribution in [1.82, 2.24) is 24.6 Å². The predicted molar refractivity (Wildman–Crippen MR) is 210 cm³/mol. The molecule has 4 saturated heterocycles. The molecule has 0 bridgehead atoms. The fourth-order valence-electron chi connectivity index (χ4n) is 9.21. The number of urea groups is 1. The molecule has 0 radical (unpaired) electrons. The lowest BCUT2D eigenvalue weighted by Gasteiger charge is -2.44. The molecule has 18 heteroatoms. The highest BCUT2D eigenvalue weighted by Crippen LogP contribution is 2.29. The quantitative estimate of drug-likeness (QED) is 0.177. The molecule has 18 nitrogen and oxygen atoms in total. The second-order valence-corrected chi connectivity index (χ2v) is 16.3. The number of carbonyl (C=O) groups excluding carboxylic acids is 3. The van der Waals surface area contributed by atoms with Crippen LogP contribution >= 0.6 is 0 Å². The van der Waals surface area contributed by atoms with Crippen molar-refractivity contribution in [2.24, 2.45) is 0 Å². The Morgan fingerprint density at radius 3 is 2.29 bits per heavy atom. The monoisotopic (exact) mass is 822 g/mol. The summed E-state index contributed by atoms with van der Waals surface area (Å²) < 4.78 is 22.8. The molecule has 6 atom stereocenters. The van der Waals surface area contributed by atoms with Crippen molar-refractivity contribution >= 4 is 34.8 Å². The topological polar surface area (TPSA) is 231 Å². The molecule has 4 amide bonds. The largest absolute Gasteiger partial charge is 0.436 e. The highest BCUT2D eigenvalue weighted by atomic mass is 16.7. The second-order valence-electron chi connectivity index (χ2n) is 16.3. The van der Waals surface area contributed by atoms with E-state index in [0.29, 0.717) is 101 Å². The van der Waals surface area contributed by atoms with Crippen LogP contribution in [0.3, 0.4) is 0 Å². The van der Waals surface area contributed by atoms with Crippen LogP contribution in [0.4, 0.5) is 15.3 Å². The van der Waals surface area contributed by atoms with Crippen molar-refractivity contribution in [1.29, 1.82) is 0 Å². The van der Waals surface area contributed by atoms with Gasteiger partial charge in [-0.2, -0.15) is 0 Å². The number of rotatable bonds is 9. The van der Waals surface area contributed by atoms with E-state index in [-0.39, 0.29) is 36.5 Å². The number of anilines is 1. The van der Waals surface area contributed by atoms with E-state index in [9.17, 15) is 39.6 Å². The fourth-order valence-corrected chi connectivity index (χ4v) is 9.21. The third-order valence-corrected chi connectivity index (χ3v) is 12.7. The molecule has 0 unspecified atom stereocenters. The van der Waals surface area contributed by atoms with E-state index in [2.05, 4.69) is 15.2 Å². The van der Waals surface area contributed by atoms with Gasteiger partial charge >= 0.3 is 17.9 Å². The maximum atomic E-state index is 14.2. The summed E-state index contributed by atoms with van der Waals surface area (Å²) >= 11 is 0. The van der Waals surface area contributed by atoms with Crippen LogP contribution in [0, 0.1) is 0 Å². The van der Waals surface area contributed by atoms with Gasteiger partial charge in [0.05, 0.1) is 18.2 Å². The van der Waals surface area contributed by atoms with Crippen LogP contribution in [0.1, 0.15) is 49.7 Å². The van der Waals surface area contributed by atoms with Crippen molar-refractivity contribution in [3.63, 3.8) is 0 Å². The standard InChI is InChI=1S/C41H54N6O12/c48-23-33-34(49)35(50)36(51)38(57-33)56-28-12-18-44(19-13-28)26-8-14-45(15-9-26)37(52)32(22-24-5-6-30-31(21-24)58-40(54)43-30)59-41(55)46-16-10-27(11-17-46)47-20-7-25-3-1-2-4-29(25)42-39(47)53/h1-6,21,26-28,32-36,38,48-51H,7-20,22-23H2,(H,42,53)(H,43,54)/t32-,33-,34+,35+,36-,38+/m1/s1. The van der Waals surface area contributed by atoms with Gasteiger partial charge in [0.2, 0.25) is 0 Å². The van der Waals surface area contributed by atoms with Gasteiger partial charge in [0.25, 0.3) is 5.91 Å². The Hall–Kier alpha value is -4.56. The number of piperidine rings is 3. The van der Waals surface area contributed by atoms with Crippen molar-refractivity contribution < 1.29 is 53.4 Å². The predicted octanol–water partition coefficient (Wildman–Crippen LogP) is 0.995. The lowest BCUT2D eigenvalue weighted by molar-refractivity contribution is -0.313. The number of oxazole rings is 1. The summed E-state index contributed by atoms with van der Waals surface area (Å²) in [5, 5.41) is 43.2. The first kappa shape index (κ1) is 41.2. The highest BCUT2D eigenvalue weighted by Gasteiger charge is 2.45. The number of aromatic amines is 1. The van der Waals surface area contributed by atoms with Crippen molar-refractivity contribution in [2.75, 3.05) is 57.7 Å². The number of hydrogen-bond donors (Lipinski definition) is 6. The smallest absolute Gasteiger partial charge is 0.417 e. The molecule has 5 aliphatic heterocycles. The van der Waals surface area contributed by atoms with E-state index in [1.165, 1.54) is 0 Å². The number of ether oxygens (including phenoxy) is 3. The van der Waals surface area contributed by atoms with Gasteiger partial charge in [-0.15, -0.1) is 0 Å². The summed E-state index contributed by atoms with van der Waals surface area (Å²) in [7, 11) is 0. The van der Waals surface area contributed by atoms with Gasteiger partial charge in [0.1, 0.15) is 24.4 Å². The van der Waals surface area contributed by atoms with Crippen LogP contribution < -0.4 is 11.1 Å². The zero-order chi connectivity index (χ0) is 41.2. The average Bonchev–Trinajstić information content (AvgIpc) is 3.54. The number of benzene rings is 2. The van der Waals surface area contributed by atoms with Crippen LogP contribution in [0.2, 0.25) is 0 Å². The lowest BCUT2D eigenvalue weighted by atomic mass is 9.97.